The summed E-state index contributed by atoms with van der Waals surface area (Å²) < 4.78 is 1.69. The van der Waals surface area contributed by atoms with Gasteiger partial charge in [-0.1, -0.05) is 30.7 Å². The van der Waals surface area contributed by atoms with E-state index in [2.05, 4.69) is 16.4 Å². The lowest BCUT2D eigenvalue weighted by molar-refractivity contribution is -0.122. The summed E-state index contributed by atoms with van der Waals surface area (Å²) in [5.74, 6) is -0.278. The van der Waals surface area contributed by atoms with Crippen LogP contribution < -0.4 is 10.2 Å². The fraction of sp³-hybridized carbons (Fsp3) is 0.360. The number of aromatic nitrogens is 1. The molecule has 1 saturated heterocycles. The monoisotopic (exact) mass is 479 g/mol. The molecule has 2 heterocycles. The lowest BCUT2D eigenvalue weighted by atomic mass is 9.81. The van der Waals surface area contributed by atoms with E-state index >= 15 is 0 Å². The van der Waals surface area contributed by atoms with Crippen molar-refractivity contribution in [2.45, 2.75) is 43.9 Å². The number of amides is 3. The Hall–Kier alpha value is -2.71. The molecule has 1 N–H and O–H groups in total. The van der Waals surface area contributed by atoms with Gasteiger partial charge in [0.1, 0.15) is 0 Å². The summed E-state index contributed by atoms with van der Waals surface area (Å²) >= 11 is 2.86. The van der Waals surface area contributed by atoms with Crippen LogP contribution in [0.1, 0.15) is 36.8 Å². The number of thioether (sulfide) groups is 1. The van der Waals surface area contributed by atoms with Gasteiger partial charge in [0.2, 0.25) is 17.7 Å². The molecule has 0 radical (unpaired) electrons. The molecule has 3 amide bonds. The number of carbonyl (C=O) groups is 3. The number of carbonyl (C=O) groups excluding carboxylic acids is 3. The topological polar surface area (TPSA) is 79.4 Å². The average molecular weight is 480 g/mol. The number of thiazole rings is 1. The Balaban J connectivity index is 1.28. The molecule has 1 aliphatic heterocycles. The van der Waals surface area contributed by atoms with Gasteiger partial charge in [-0.05, 0) is 68.1 Å². The molecule has 170 valence electrons. The largest absolute Gasteiger partial charge is 0.325 e. The molecule has 33 heavy (non-hydrogen) atoms. The zero-order valence-corrected chi connectivity index (χ0v) is 20.2. The summed E-state index contributed by atoms with van der Waals surface area (Å²) in [5.41, 5.74) is 4.44. The third-order valence-corrected chi connectivity index (χ3v) is 8.45. The summed E-state index contributed by atoms with van der Waals surface area (Å²) in [6.07, 6.45) is 3.64. The predicted molar refractivity (Wildman–Crippen MR) is 133 cm³/mol. The van der Waals surface area contributed by atoms with Crippen LogP contribution >= 0.6 is 23.1 Å². The summed E-state index contributed by atoms with van der Waals surface area (Å²) in [7, 11) is 0. The van der Waals surface area contributed by atoms with Crippen LogP contribution in [0.4, 0.5) is 11.4 Å². The minimum Gasteiger partial charge on any atom is -0.325 e. The third-order valence-electron chi connectivity index (χ3n) is 6.28. The molecule has 0 bridgehead atoms. The number of nitrogens with one attached hydrogen (secondary N) is 1. The number of nitrogens with zero attached hydrogens (tertiary/aromatic N) is 2. The van der Waals surface area contributed by atoms with Crippen LogP contribution in [-0.2, 0) is 14.4 Å². The first-order chi connectivity index (χ1) is 15.9. The summed E-state index contributed by atoms with van der Waals surface area (Å²) in [6.45, 7) is 4.01. The van der Waals surface area contributed by atoms with Gasteiger partial charge < -0.3 is 5.32 Å². The van der Waals surface area contributed by atoms with Crippen molar-refractivity contribution < 1.29 is 14.4 Å². The molecule has 1 aromatic heterocycles. The number of aryl methyl sites for hydroxylation is 2. The van der Waals surface area contributed by atoms with Crippen molar-refractivity contribution >= 4 is 62.4 Å². The maximum Gasteiger partial charge on any atom is 0.237 e. The van der Waals surface area contributed by atoms with E-state index < -0.39 is 0 Å². The number of imide groups is 1. The standard InChI is InChI=1S/C25H25N3O3S2/c1-14-9-15(2)11-16(10-14)26-22(29)13-32-25-27-20-8-7-17(12-21(20)33-25)28-23(30)18-5-3-4-6-19(18)24(28)31/h7-12,18-19H,3-6,13H2,1-2H3,(H,26,29)/t18-,19-/m0/s1. The molecule has 1 saturated carbocycles. The van der Waals surface area contributed by atoms with E-state index in [-0.39, 0.29) is 35.3 Å². The maximum absolute atomic E-state index is 12.9. The van der Waals surface area contributed by atoms with Gasteiger partial charge in [0.05, 0.1) is 33.5 Å². The summed E-state index contributed by atoms with van der Waals surface area (Å²) in [4.78, 5) is 44.2. The Morgan fingerprint density at radius 1 is 1.06 bits per heavy atom. The second-order valence-corrected chi connectivity index (χ2v) is 11.1. The molecule has 0 unspecified atom stereocenters. The van der Waals surface area contributed by atoms with Gasteiger partial charge in [-0.3, -0.25) is 19.3 Å². The zero-order valence-electron chi connectivity index (χ0n) is 18.6. The maximum atomic E-state index is 12.9. The number of benzene rings is 2. The zero-order chi connectivity index (χ0) is 23.1. The van der Waals surface area contributed by atoms with Gasteiger partial charge in [-0.15, -0.1) is 11.3 Å². The van der Waals surface area contributed by atoms with E-state index in [9.17, 15) is 14.4 Å². The van der Waals surface area contributed by atoms with Gasteiger partial charge >= 0.3 is 0 Å². The quantitative estimate of drug-likeness (QED) is 0.396. The Morgan fingerprint density at radius 3 is 2.39 bits per heavy atom. The van der Waals surface area contributed by atoms with Gasteiger partial charge in [-0.2, -0.15) is 0 Å². The average Bonchev–Trinajstić information content (AvgIpc) is 3.29. The second kappa shape index (κ2) is 8.91. The molecule has 3 aromatic rings. The van der Waals surface area contributed by atoms with Crippen molar-refractivity contribution in [2.24, 2.45) is 11.8 Å². The predicted octanol–water partition coefficient (Wildman–Crippen LogP) is 5.32. The molecule has 8 heteroatoms. The van der Waals surface area contributed by atoms with Gasteiger partial charge in [-0.25, -0.2) is 4.98 Å². The van der Waals surface area contributed by atoms with E-state index in [1.807, 2.05) is 38.1 Å². The van der Waals surface area contributed by atoms with Crippen molar-refractivity contribution in [3.05, 3.63) is 47.5 Å². The highest BCUT2D eigenvalue weighted by Gasteiger charge is 2.48. The molecule has 6 nitrogen and oxygen atoms in total. The smallest absolute Gasteiger partial charge is 0.237 e. The van der Waals surface area contributed by atoms with E-state index in [4.69, 9.17) is 0 Å². The number of hydrogen-bond acceptors (Lipinski definition) is 6. The Morgan fingerprint density at radius 2 is 1.73 bits per heavy atom. The van der Waals surface area contributed by atoms with Gasteiger partial charge in [0.25, 0.3) is 0 Å². The first-order valence-electron chi connectivity index (χ1n) is 11.2. The Bertz CT molecular complexity index is 1220. The highest BCUT2D eigenvalue weighted by molar-refractivity contribution is 8.01. The molecule has 2 aliphatic rings. The lowest BCUT2D eigenvalue weighted by Crippen LogP contribution is -2.30. The van der Waals surface area contributed by atoms with E-state index in [1.54, 1.807) is 6.07 Å². The second-order valence-electron chi connectivity index (χ2n) is 8.85. The molecule has 5 rings (SSSR count). The lowest BCUT2D eigenvalue weighted by Gasteiger charge is -2.19. The first-order valence-corrected chi connectivity index (χ1v) is 13.0. The highest BCUT2D eigenvalue weighted by Crippen LogP contribution is 2.41. The minimum atomic E-state index is -0.162. The van der Waals surface area contributed by atoms with E-state index in [1.165, 1.54) is 28.0 Å². The highest BCUT2D eigenvalue weighted by atomic mass is 32.2. The molecule has 1 aliphatic carbocycles. The Labute approximate surface area is 200 Å². The van der Waals surface area contributed by atoms with E-state index in [0.29, 0.717) is 5.69 Å². The van der Waals surface area contributed by atoms with Crippen LogP contribution in [0.5, 0.6) is 0 Å². The van der Waals surface area contributed by atoms with Crippen molar-refractivity contribution in [1.82, 2.24) is 4.98 Å². The van der Waals surface area contributed by atoms with Crippen molar-refractivity contribution in [2.75, 3.05) is 16.0 Å². The number of anilines is 2. The SMILES string of the molecule is Cc1cc(C)cc(NC(=O)CSc2nc3ccc(N4C(=O)[C@H]5CCCC[C@@H]5C4=O)cc3s2)c1. The molecular weight excluding hydrogens is 454 g/mol. The normalized spacial score (nSPS) is 20.4. The fourth-order valence-corrected chi connectivity index (χ4v) is 6.78. The molecular formula is C25H25N3O3S2. The molecule has 2 aromatic carbocycles. The summed E-state index contributed by atoms with van der Waals surface area (Å²) in [5, 5.41) is 2.94. The van der Waals surface area contributed by atoms with Crippen LogP contribution in [0, 0.1) is 25.7 Å². The van der Waals surface area contributed by atoms with Gasteiger partial charge in [0, 0.05) is 5.69 Å². The minimum absolute atomic E-state index is 0.0637. The van der Waals surface area contributed by atoms with Crippen molar-refractivity contribution in [3.63, 3.8) is 0 Å². The number of hydrogen-bond donors (Lipinski definition) is 1. The summed E-state index contributed by atoms with van der Waals surface area (Å²) in [6, 6.07) is 11.5. The Kier molecular flexibility index (Phi) is 5.97. The molecule has 0 spiro atoms. The number of rotatable bonds is 5. The fourth-order valence-electron chi connectivity index (χ4n) is 4.88. The molecule has 2 fully saturated rings. The van der Waals surface area contributed by atoms with Crippen LogP contribution in [0.15, 0.2) is 40.7 Å². The molecule has 2 atom stereocenters. The van der Waals surface area contributed by atoms with E-state index in [0.717, 1.165) is 57.1 Å². The third kappa shape index (κ3) is 4.42. The van der Waals surface area contributed by atoms with Gasteiger partial charge in [0.15, 0.2) is 4.34 Å². The van der Waals surface area contributed by atoms with Crippen LogP contribution in [-0.4, -0.2) is 28.5 Å². The van der Waals surface area contributed by atoms with Crippen molar-refractivity contribution in [3.8, 4) is 0 Å². The van der Waals surface area contributed by atoms with Crippen molar-refractivity contribution in [1.29, 1.82) is 0 Å². The first kappa shape index (κ1) is 22.1. The number of fused-ring (bicyclic) bond motifs is 2. The van der Waals surface area contributed by atoms with Crippen LogP contribution in [0.25, 0.3) is 10.2 Å². The van der Waals surface area contributed by atoms with Crippen LogP contribution in [0.2, 0.25) is 0 Å². The van der Waals surface area contributed by atoms with Crippen LogP contribution in [0.3, 0.4) is 0 Å².